The van der Waals surface area contributed by atoms with Crippen LogP contribution in [0.2, 0.25) is 0 Å². The lowest BCUT2D eigenvalue weighted by Gasteiger charge is -2.34. The summed E-state index contributed by atoms with van der Waals surface area (Å²) < 4.78 is 5.17. The fourth-order valence-electron chi connectivity index (χ4n) is 3.10. The first-order chi connectivity index (χ1) is 12.8. The Hall–Kier alpha value is -1.92. The molecule has 5 nitrogen and oxygen atoms in total. The Labute approximate surface area is 166 Å². The summed E-state index contributed by atoms with van der Waals surface area (Å²) >= 11 is 1.74. The summed E-state index contributed by atoms with van der Waals surface area (Å²) in [4.78, 5) is 21.7. The van der Waals surface area contributed by atoms with Crippen LogP contribution in [0.5, 0.6) is 5.75 Å². The van der Waals surface area contributed by atoms with Crippen LogP contribution in [-0.4, -0.2) is 54.0 Å². The van der Waals surface area contributed by atoms with Crippen molar-refractivity contribution in [2.24, 2.45) is 0 Å². The van der Waals surface area contributed by atoms with Crippen molar-refractivity contribution in [2.75, 3.05) is 33.3 Å². The van der Waals surface area contributed by atoms with Gasteiger partial charge in [-0.1, -0.05) is 32.9 Å². The molecule has 0 atom stereocenters. The highest BCUT2D eigenvalue weighted by molar-refractivity contribution is 7.09. The van der Waals surface area contributed by atoms with E-state index in [1.54, 1.807) is 18.4 Å². The molecule has 0 spiro atoms. The molecule has 3 rings (SSSR count). The highest BCUT2D eigenvalue weighted by Gasteiger charge is 2.23. The maximum atomic E-state index is 12.6. The number of ether oxygens (including phenoxy) is 1. The molecule has 2 heterocycles. The summed E-state index contributed by atoms with van der Waals surface area (Å²) in [6.07, 6.45) is 0.450. The summed E-state index contributed by atoms with van der Waals surface area (Å²) in [7, 11) is 1.65. The predicted octanol–water partition coefficient (Wildman–Crippen LogP) is 3.34. The number of hydrogen-bond acceptors (Lipinski definition) is 5. The molecule has 2 aromatic rings. The van der Waals surface area contributed by atoms with Gasteiger partial charge in [0.15, 0.2) is 0 Å². The normalized spacial score (nSPS) is 15.8. The van der Waals surface area contributed by atoms with Gasteiger partial charge in [0.2, 0.25) is 5.91 Å². The molecule has 1 aromatic heterocycles. The Balaban J connectivity index is 1.48. The van der Waals surface area contributed by atoms with E-state index in [2.05, 4.69) is 31.1 Å². The molecular weight excluding hydrogens is 358 g/mol. The smallest absolute Gasteiger partial charge is 0.227 e. The van der Waals surface area contributed by atoms with Gasteiger partial charge >= 0.3 is 0 Å². The Morgan fingerprint density at radius 3 is 2.37 bits per heavy atom. The molecule has 0 radical (unpaired) electrons. The van der Waals surface area contributed by atoms with Gasteiger partial charge < -0.3 is 9.64 Å². The van der Waals surface area contributed by atoms with Gasteiger partial charge in [-0.05, 0) is 17.7 Å². The van der Waals surface area contributed by atoms with Crippen LogP contribution in [0.25, 0.3) is 0 Å². The van der Waals surface area contributed by atoms with Gasteiger partial charge in [0.25, 0.3) is 0 Å². The lowest BCUT2D eigenvalue weighted by Crippen LogP contribution is -2.48. The van der Waals surface area contributed by atoms with Gasteiger partial charge in [0.1, 0.15) is 10.8 Å². The van der Waals surface area contributed by atoms with Crippen molar-refractivity contribution in [1.29, 1.82) is 0 Å². The number of nitrogens with zero attached hydrogens (tertiary/aromatic N) is 3. The van der Waals surface area contributed by atoms with Crippen LogP contribution >= 0.6 is 11.3 Å². The van der Waals surface area contributed by atoms with Crippen molar-refractivity contribution in [3.05, 3.63) is 45.9 Å². The zero-order valence-corrected chi connectivity index (χ0v) is 17.5. The molecule has 1 amide bonds. The van der Waals surface area contributed by atoms with Crippen molar-refractivity contribution in [1.82, 2.24) is 14.8 Å². The van der Waals surface area contributed by atoms with Gasteiger partial charge in [-0.15, -0.1) is 11.3 Å². The van der Waals surface area contributed by atoms with Crippen LogP contribution in [0, 0.1) is 0 Å². The molecule has 27 heavy (non-hydrogen) atoms. The quantitative estimate of drug-likeness (QED) is 0.789. The summed E-state index contributed by atoms with van der Waals surface area (Å²) in [6.45, 7) is 10.8. The number of hydrogen-bond donors (Lipinski definition) is 0. The van der Waals surface area contributed by atoms with E-state index in [1.165, 1.54) is 0 Å². The Bertz CT molecular complexity index is 756. The number of benzene rings is 1. The van der Waals surface area contributed by atoms with Gasteiger partial charge in [-0.25, -0.2) is 4.98 Å². The van der Waals surface area contributed by atoms with Gasteiger partial charge in [0.05, 0.1) is 25.8 Å². The number of thiazole rings is 1. The Kier molecular flexibility index (Phi) is 6.17. The van der Waals surface area contributed by atoms with Crippen LogP contribution in [-0.2, 0) is 23.2 Å². The Morgan fingerprint density at radius 2 is 1.81 bits per heavy atom. The van der Waals surface area contributed by atoms with E-state index in [9.17, 15) is 4.79 Å². The lowest BCUT2D eigenvalue weighted by atomic mass is 9.93. The highest BCUT2D eigenvalue weighted by Crippen LogP contribution is 2.24. The van der Waals surface area contributed by atoms with E-state index < -0.39 is 0 Å². The topological polar surface area (TPSA) is 45.7 Å². The second-order valence-corrected chi connectivity index (χ2v) is 9.00. The molecule has 1 aliphatic rings. The molecule has 1 aromatic carbocycles. The molecular formula is C21H29N3O2S. The molecule has 0 saturated carbocycles. The number of amides is 1. The van der Waals surface area contributed by atoms with Crippen molar-refractivity contribution in [2.45, 2.75) is 39.2 Å². The van der Waals surface area contributed by atoms with E-state index in [0.717, 1.165) is 54.7 Å². The molecule has 0 aliphatic carbocycles. The van der Waals surface area contributed by atoms with E-state index in [0.29, 0.717) is 6.42 Å². The number of carbonyl (C=O) groups excluding carboxylic acids is 1. The average molecular weight is 388 g/mol. The Morgan fingerprint density at radius 1 is 1.15 bits per heavy atom. The summed E-state index contributed by atoms with van der Waals surface area (Å²) in [5, 5.41) is 3.34. The minimum Gasteiger partial charge on any atom is -0.497 e. The number of piperazine rings is 1. The summed E-state index contributed by atoms with van der Waals surface area (Å²) in [5.41, 5.74) is 2.29. The third-order valence-electron chi connectivity index (χ3n) is 4.92. The zero-order valence-electron chi connectivity index (χ0n) is 16.7. The van der Waals surface area contributed by atoms with E-state index >= 15 is 0 Å². The van der Waals surface area contributed by atoms with Crippen LogP contribution < -0.4 is 4.74 Å². The maximum absolute atomic E-state index is 12.6. The third kappa shape index (κ3) is 5.30. The van der Waals surface area contributed by atoms with Crippen LogP contribution in [0.3, 0.4) is 0 Å². The molecule has 1 aliphatic heterocycles. The minimum atomic E-state index is 0.0985. The second-order valence-electron chi connectivity index (χ2n) is 8.06. The largest absolute Gasteiger partial charge is 0.497 e. The second kappa shape index (κ2) is 8.40. The highest BCUT2D eigenvalue weighted by atomic mass is 32.1. The summed E-state index contributed by atoms with van der Waals surface area (Å²) in [6, 6.07) is 7.73. The molecule has 0 bridgehead atoms. The minimum absolute atomic E-state index is 0.0985. The molecule has 0 unspecified atom stereocenters. The van der Waals surface area contributed by atoms with Crippen LogP contribution in [0.1, 0.15) is 37.0 Å². The first-order valence-electron chi connectivity index (χ1n) is 9.43. The molecule has 0 N–H and O–H groups in total. The number of rotatable bonds is 5. The zero-order chi connectivity index (χ0) is 19.4. The van der Waals surface area contributed by atoms with Crippen molar-refractivity contribution in [3.63, 3.8) is 0 Å². The third-order valence-corrected chi connectivity index (χ3v) is 5.75. The van der Waals surface area contributed by atoms with Gasteiger partial charge in [-0.2, -0.15) is 0 Å². The monoisotopic (exact) mass is 387 g/mol. The molecule has 146 valence electrons. The van der Waals surface area contributed by atoms with E-state index in [4.69, 9.17) is 9.72 Å². The maximum Gasteiger partial charge on any atom is 0.227 e. The van der Waals surface area contributed by atoms with Gasteiger partial charge in [-0.3, -0.25) is 9.69 Å². The molecule has 1 saturated heterocycles. The van der Waals surface area contributed by atoms with E-state index in [-0.39, 0.29) is 11.3 Å². The number of carbonyl (C=O) groups is 1. The van der Waals surface area contributed by atoms with Crippen molar-refractivity contribution < 1.29 is 9.53 Å². The van der Waals surface area contributed by atoms with Gasteiger partial charge in [0, 0.05) is 37.0 Å². The number of methoxy groups -OCH3 is 1. The molecule has 6 heteroatoms. The standard InChI is InChI=1S/C21H29N3O2S/c1-21(2,3)18-15-27-19(22-18)14-23-9-11-24(12-10-23)20(25)13-16-5-7-17(26-4)8-6-16/h5-8,15H,9-14H2,1-4H3. The number of aromatic nitrogens is 1. The van der Waals surface area contributed by atoms with Crippen LogP contribution in [0.15, 0.2) is 29.6 Å². The lowest BCUT2D eigenvalue weighted by molar-refractivity contribution is -0.132. The SMILES string of the molecule is COc1ccc(CC(=O)N2CCN(Cc3nc(C(C)(C)C)cs3)CC2)cc1. The van der Waals surface area contributed by atoms with Crippen LogP contribution in [0.4, 0.5) is 0 Å². The van der Waals surface area contributed by atoms with Crippen molar-refractivity contribution >= 4 is 17.2 Å². The average Bonchev–Trinajstić information content (AvgIpc) is 3.12. The molecule has 1 fully saturated rings. The van der Waals surface area contributed by atoms with Crippen molar-refractivity contribution in [3.8, 4) is 5.75 Å². The summed E-state index contributed by atoms with van der Waals surface area (Å²) in [5.74, 6) is 1.01. The van der Waals surface area contributed by atoms with E-state index in [1.807, 2.05) is 29.2 Å². The fourth-order valence-corrected chi connectivity index (χ4v) is 4.17. The first kappa shape index (κ1) is 19.8. The fraction of sp³-hybridized carbons (Fsp3) is 0.524. The predicted molar refractivity (Wildman–Crippen MR) is 109 cm³/mol. The first-order valence-corrected chi connectivity index (χ1v) is 10.3.